The van der Waals surface area contributed by atoms with Crippen molar-refractivity contribution in [1.82, 2.24) is 15.5 Å². The minimum atomic E-state index is -0.571. The molecule has 0 fully saturated rings. The molecule has 1 aromatic heterocycles. The molecule has 0 saturated carbocycles. The average Bonchev–Trinajstić information content (AvgIpc) is 2.65. The molecule has 2 N–H and O–H groups in total. The van der Waals surface area contributed by atoms with Gasteiger partial charge in [-0.1, -0.05) is 43.6 Å². The lowest BCUT2D eigenvalue weighted by Crippen LogP contribution is -2.42. The summed E-state index contributed by atoms with van der Waals surface area (Å²) in [7, 11) is 0. The SMILES string of the molecule is C#CC1=NN(c2cc(Cl)c(Oc3cc(C(C)C)c(=O)[nH]n3)c(Cl)c2)C(=O)NC1=C. The quantitative estimate of drug-likeness (QED) is 0.713. The highest BCUT2D eigenvalue weighted by atomic mass is 35.5. The van der Waals surface area contributed by atoms with Crippen LogP contribution in [0.3, 0.4) is 0 Å². The number of ether oxygens (including phenoxy) is 1. The number of H-pyrrole nitrogens is 1. The minimum absolute atomic E-state index is 0.0343. The zero-order valence-electron chi connectivity index (χ0n) is 15.4. The highest BCUT2D eigenvalue weighted by Gasteiger charge is 2.25. The molecule has 1 aromatic carbocycles. The van der Waals surface area contributed by atoms with Crippen molar-refractivity contribution in [2.75, 3.05) is 5.01 Å². The molecular weight excluding hydrogens is 417 g/mol. The van der Waals surface area contributed by atoms with Crippen LogP contribution in [0.1, 0.15) is 25.3 Å². The van der Waals surface area contributed by atoms with Crippen LogP contribution in [0.25, 0.3) is 0 Å². The van der Waals surface area contributed by atoms with E-state index in [0.29, 0.717) is 5.56 Å². The molecule has 2 heterocycles. The Kier molecular flexibility index (Phi) is 5.64. The zero-order valence-corrected chi connectivity index (χ0v) is 16.9. The van der Waals surface area contributed by atoms with Crippen molar-refractivity contribution in [1.29, 1.82) is 0 Å². The summed E-state index contributed by atoms with van der Waals surface area (Å²) in [5.41, 5.74) is 0.842. The summed E-state index contributed by atoms with van der Waals surface area (Å²) >= 11 is 12.6. The second kappa shape index (κ2) is 7.99. The third-order valence-corrected chi connectivity index (χ3v) is 4.50. The molecule has 0 atom stereocenters. The van der Waals surface area contributed by atoms with E-state index < -0.39 is 6.03 Å². The molecule has 10 heteroatoms. The Morgan fingerprint density at radius 1 is 1.24 bits per heavy atom. The van der Waals surface area contributed by atoms with Crippen molar-refractivity contribution in [3.63, 3.8) is 0 Å². The van der Waals surface area contributed by atoms with Gasteiger partial charge >= 0.3 is 6.03 Å². The molecule has 0 unspecified atom stereocenters. The molecule has 0 spiro atoms. The maximum atomic E-state index is 12.2. The van der Waals surface area contributed by atoms with E-state index in [9.17, 15) is 9.59 Å². The maximum absolute atomic E-state index is 12.2. The third kappa shape index (κ3) is 4.11. The van der Waals surface area contributed by atoms with Crippen molar-refractivity contribution in [3.05, 3.63) is 56.4 Å². The first-order chi connectivity index (χ1) is 13.7. The Labute approximate surface area is 176 Å². The van der Waals surface area contributed by atoms with Crippen molar-refractivity contribution in [3.8, 4) is 24.0 Å². The Hall–Kier alpha value is -3.28. The predicted octanol–water partition coefficient (Wildman–Crippen LogP) is 4.02. The number of carbonyl (C=O) groups is 1. The number of amides is 2. The van der Waals surface area contributed by atoms with E-state index in [-0.39, 0.29) is 50.2 Å². The lowest BCUT2D eigenvalue weighted by Gasteiger charge is -2.24. The second-order valence-corrected chi connectivity index (χ2v) is 7.11. The lowest BCUT2D eigenvalue weighted by atomic mass is 10.1. The van der Waals surface area contributed by atoms with E-state index in [1.54, 1.807) is 0 Å². The number of aromatic amines is 1. The first kappa shape index (κ1) is 20.5. The first-order valence-electron chi connectivity index (χ1n) is 8.33. The van der Waals surface area contributed by atoms with Gasteiger partial charge < -0.3 is 10.1 Å². The first-order valence-corrected chi connectivity index (χ1v) is 9.09. The third-order valence-electron chi connectivity index (χ3n) is 3.94. The van der Waals surface area contributed by atoms with Crippen molar-refractivity contribution < 1.29 is 9.53 Å². The Bertz CT molecular complexity index is 1120. The molecule has 0 radical (unpaired) electrons. The summed E-state index contributed by atoms with van der Waals surface area (Å²) in [5, 5.41) is 14.0. The number of benzene rings is 1. The van der Waals surface area contributed by atoms with Gasteiger partial charge in [0.25, 0.3) is 5.56 Å². The van der Waals surface area contributed by atoms with Crippen LogP contribution in [-0.4, -0.2) is 21.9 Å². The topological polar surface area (TPSA) is 99.7 Å². The normalized spacial score (nSPS) is 13.8. The Morgan fingerprint density at radius 2 is 1.90 bits per heavy atom. The molecule has 0 saturated heterocycles. The number of allylic oxidation sites excluding steroid dienone is 1. The summed E-state index contributed by atoms with van der Waals surface area (Å²) in [6.07, 6.45) is 5.37. The van der Waals surface area contributed by atoms with Crippen LogP contribution < -0.4 is 20.6 Å². The molecule has 8 nitrogen and oxygen atoms in total. The predicted molar refractivity (Wildman–Crippen MR) is 112 cm³/mol. The number of hydrogen-bond acceptors (Lipinski definition) is 5. The number of hydrogen-bond donors (Lipinski definition) is 2. The Morgan fingerprint density at radius 3 is 2.48 bits per heavy atom. The number of nitrogens with zero attached hydrogens (tertiary/aromatic N) is 3. The summed E-state index contributed by atoms with van der Waals surface area (Å²) in [5.74, 6) is 2.52. The van der Waals surface area contributed by atoms with Gasteiger partial charge in [0.05, 0.1) is 21.4 Å². The van der Waals surface area contributed by atoms with Crippen LogP contribution in [0.5, 0.6) is 11.6 Å². The summed E-state index contributed by atoms with van der Waals surface area (Å²) in [6.45, 7) is 7.37. The van der Waals surface area contributed by atoms with E-state index in [4.69, 9.17) is 34.4 Å². The highest BCUT2D eigenvalue weighted by Crippen LogP contribution is 2.39. The molecule has 2 amide bonds. The van der Waals surface area contributed by atoms with E-state index in [0.717, 1.165) is 5.01 Å². The van der Waals surface area contributed by atoms with Gasteiger partial charge in [0.1, 0.15) is 0 Å². The van der Waals surface area contributed by atoms with E-state index in [2.05, 4.69) is 33.1 Å². The van der Waals surface area contributed by atoms with Crippen molar-refractivity contribution in [2.45, 2.75) is 19.8 Å². The fourth-order valence-electron chi connectivity index (χ4n) is 2.49. The van der Waals surface area contributed by atoms with Crippen LogP contribution in [0, 0.1) is 12.3 Å². The van der Waals surface area contributed by atoms with Crippen LogP contribution in [-0.2, 0) is 0 Å². The van der Waals surface area contributed by atoms with Gasteiger partial charge in [0.15, 0.2) is 11.5 Å². The number of rotatable bonds is 4. The number of anilines is 1. The lowest BCUT2D eigenvalue weighted by molar-refractivity contribution is 0.248. The number of carbonyl (C=O) groups excluding carboxylic acids is 1. The molecule has 29 heavy (non-hydrogen) atoms. The van der Waals surface area contributed by atoms with E-state index in [1.807, 2.05) is 13.8 Å². The monoisotopic (exact) mass is 431 g/mol. The molecule has 1 aliphatic rings. The van der Waals surface area contributed by atoms with Crippen LogP contribution in [0.4, 0.5) is 10.5 Å². The molecular formula is C19H15Cl2N5O3. The van der Waals surface area contributed by atoms with Gasteiger partial charge in [-0.3, -0.25) is 4.79 Å². The second-order valence-electron chi connectivity index (χ2n) is 6.30. The molecule has 3 rings (SSSR count). The molecule has 148 valence electrons. The molecule has 0 aliphatic carbocycles. The molecule has 0 bridgehead atoms. The fourth-order valence-corrected chi connectivity index (χ4v) is 3.04. The Balaban J connectivity index is 1.97. The van der Waals surface area contributed by atoms with E-state index >= 15 is 0 Å². The minimum Gasteiger partial charge on any atom is -0.434 e. The van der Waals surface area contributed by atoms with Crippen LogP contribution in [0.15, 0.2) is 40.4 Å². The summed E-state index contributed by atoms with van der Waals surface area (Å²) in [4.78, 5) is 24.0. The van der Waals surface area contributed by atoms with Crippen LogP contribution in [0.2, 0.25) is 10.0 Å². The van der Waals surface area contributed by atoms with Crippen molar-refractivity contribution in [2.24, 2.45) is 5.10 Å². The number of urea groups is 1. The van der Waals surface area contributed by atoms with Gasteiger partial charge in [0.2, 0.25) is 5.88 Å². The largest absolute Gasteiger partial charge is 0.434 e. The number of halogens is 2. The maximum Gasteiger partial charge on any atom is 0.347 e. The van der Waals surface area contributed by atoms with Crippen LogP contribution >= 0.6 is 23.2 Å². The standard InChI is InChI=1S/C19H15Cl2N5O3/c1-5-15-10(4)22-19(28)26(25-15)11-6-13(20)17(14(21)7-11)29-16-8-12(9(2)3)18(27)24-23-16/h1,6-9H,4H2,2-3H3,(H,22,28)(H,24,27). The average molecular weight is 432 g/mol. The summed E-state index contributed by atoms with van der Waals surface area (Å²) < 4.78 is 5.67. The smallest absolute Gasteiger partial charge is 0.347 e. The highest BCUT2D eigenvalue weighted by molar-refractivity contribution is 6.37. The van der Waals surface area contributed by atoms with Gasteiger partial charge in [-0.2, -0.15) is 10.1 Å². The number of terminal acetylenes is 1. The fraction of sp³-hybridized carbons (Fsp3) is 0.158. The number of nitrogens with one attached hydrogen (secondary N) is 2. The molecule has 2 aromatic rings. The van der Waals surface area contributed by atoms with Gasteiger partial charge in [-0.15, -0.1) is 11.5 Å². The van der Waals surface area contributed by atoms with Gasteiger partial charge in [0, 0.05) is 11.6 Å². The van der Waals surface area contributed by atoms with Gasteiger partial charge in [-0.05, 0) is 24.0 Å². The number of aromatic nitrogens is 2. The van der Waals surface area contributed by atoms with Crippen molar-refractivity contribution >= 4 is 40.6 Å². The van der Waals surface area contributed by atoms with E-state index in [1.165, 1.54) is 18.2 Å². The summed E-state index contributed by atoms with van der Waals surface area (Å²) in [6, 6.07) is 3.81. The van der Waals surface area contributed by atoms with Gasteiger partial charge in [-0.25, -0.2) is 9.89 Å². The number of hydrazone groups is 1. The zero-order chi connectivity index (χ0) is 21.3. The molecule has 1 aliphatic heterocycles.